The van der Waals surface area contributed by atoms with Crippen molar-refractivity contribution >= 4 is 29.7 Å². The van der Waals surface area contributed by atoms with Crippen molar-refractivity contribution in [2.45, 2.75) is 20.8 Å². The molecule has 0 saturated heterocycles. The molecule has 2 aromatic rings. The van der Waals surface area contributed by atoms with Crippen LogP contribution in [0.15, 0.2) is 42.2 Å². The van der Waals surface area contributed by atoms with E-state index in [0.717, 1.165) is 6.07 Å². The summed E-state index contributed by atoms with van der Waals surface area (Å²) in [5.74, 6) is -0.939. The maximum atomic E-state index is 13.9. The fraction of sp³-hybridized carbons (Fsp3) is 0.167. The summed E-state index contributed by atoms with van der Waals surface area (Å²) < 4.78 is 15.4. The molecule has 0 spiro atoms. The number of nitrogens with two attached hydrogens (primary N) is 1. The van der Waals surface area contributed by atoms with E-state index in [1.54, 1.807) is 19.2 Å². The number of benzene rings is 1. The number of nitrogens with one attached hydrogen (secondary N) is 1. The summed E-state index contributed by atoms with van der Waals surface area (Å²) >= 11 is 0. The molecule has 1 aromatic carbocycles. The summed E-state index contributed by atoms with van der Waals surface area (Å²) in [6.45, 7) is 9.41. The van der Waals surface area contributed by atoms with Crippen LogP contribution in [0.2, 0.25) is 0 Å². The number of hydrogen-bond acceptors (Lipinski definition) is 4. The van der Waals surface area contributed by atoms with Gasteiger partial charge in [-0.2, -0.15) is 0 Å². The minimum atomic E-state index is -0.654. The van der Waals surface area contributed by atoms with Gasteiger partial charge in [-0.15, -0.1) is 0 Å². The highest BCUT2D eigenvalue weighted by Crippen LogP contribution is 2.18. The molecule has 1 heterocycles. The molecule has 0 bridgehead atoms. The molecule has 0 aliphatic rings. The van der Waals surface area contributed by atoms with Crippen molar-refractivity contribution < 1.29 is 14.4 Å². The number of oxime groups is 1. The molecule has 4 N–H and O–H groups in total. The number of carbonyl (C=O) groups is 1. The maximum absolute atomic E-state index is 13.9. The molecule has 0 aliphatic carbocycles. The van der Waals surface area contributed by atoms with Crippen LogP contribution in [0.4, 0.5) is 10.1 Å². The predicted molar refractivity (Wildman–Crippen MR) is 102 cm³/mol. The highest BCUT2D eigenvalue weighted by Gasteiger charge is 2.16. The molecule has 0 saturated carbocycles. The summed E-state index contributed by atoms with van der Waals surface area (Å²) in [6.07, 6.45) is 6.22. The average Bonchev–Trinajstić information content (AvgIpc) is 3.07. The number of hydrogen-bond donors (Lipinski definition) is 3. The molecule has 8 heteroatoms. The fourth-order valence-electron chi connectivity index (χ4n) is 2.02. The van der Waals surface area contributed by atoms with Crippen LogP contribution >= 0.6 is 0 Å². The van der Waals surface area contributed by atoms with E-state index in [4.69, 9.17) is 10.9 Å². The van der Waals surface area contributed by atoms with Crippen molar-refractivity contribution in [3.63, 3.8) is 0 Å². The average molecular weight is 359 g/mol. The van der Waals surface area contributed by atoms with Crippen LogP contribution in [-0.2, 0) is 0 Å². The lowest BCUT2D eigenvalue weighted by Crippen LogP contribution is -2.18. The van der Waals surface area contributed by atoms with Crippen molar-refractivity contribution in [1.29, 1.82) is 0 Å². The van der Waals surface area contributed by atoms with E-state index < -0.39 is 11.7 Å². The van der Waals surface area contributed by atoms with Crippen molar-refractivity contribution in [2.24, 2.45) is 10.9 Å². The van der Waals surface area contributed by atoms with Gasteiger partial charge in [0.1, 0.15) is 17.3 Å². The molecule has 7 nitrogen and oxygen atoms in total. The normalized spacial score (nSPS) is 11.0. The number of rotatable bonds is 5. The SMILES string of the molecule is C=Cc1ncc(C(=O)Nc2cc(/C(N)=N/O)ccc2F)n1/C=C\C.CC. The Morgan fingerprint density at radius 2 is 2.15 bits per heavy atom. The molecule has 0 aliphatic heterocycles. The van der Waals surface area contributed by atoms with Crippen molar-refractivity contribution in [3.8, 4) is 0 Å². The Kier molecular flexibility index (Phi) is 7.75. The molecule has 1 amide bonds. The van der Waals surface area contributed by atoms with Crippen molar-refractivity contribution in [3.05, 3.63) is 59.9 Å². The van der Waals surface area contributed by atoms with Gasteiger partial charge in [0.2, 0.25) is 0 Å². The van der Waals surface area contributed by atoms with Crippen LogP contribution in [0.3, 0.4) is 0 Å². The van der Waals surface area contributed by atoms with Gasteiger partial charge in [-0.3, -0.25) is 9.36 Å². The zero-order valence-electron chi connectivity index (χ0n) is 14.9. The topological polar surface area (TPSA) is 106 Å². The minimum Gasteiger partial charge on any atom is -0.409 e. The lowest BCUT2D eigenvalue weighted by Gasteiger charge is -2.09. The Morgan fingerprint density at radius 1 is 1.46 bits per heavy atom. The molecule has 0 unspecified atom stereocenters. The van der Waals surface area contributed by atoms with E-state index in [1.807, 2.05) is 13.8 Å². The van der Waals surface area contributed by atoms with Gasteiger partial charge in [-0.25, -0.2) is 9.37 Å². The number of amides is 1. The van der Waals surface area contributed by atoms with Crippen LogP contribution in [0, 0.1) is 5.82 Å². The van der Waals surface area contributed by atoms with Crippen LogP contribution in [-0.4, -0.2) is 26.5 Å². The van der Waals surface area contributed by atoms with E-state index >= 15 is 0 Å². The van der Waals surface area contributed by atoms with Gasteiger partial charge in [0.15, 0.2) is 5.84 Å². The molecule has 26 heavy (non-hydrogen) atoms. The first kappa shape index (κ1) is 20.6. The van der Waals surface area contributed by atoms with E-state index in [0.29, 0.717) is 5.82 Å². The number of nitrogens with zero attached hydrogens (tertiary/aromatic N) is 3. The standard InChI is InChI=1S/C16H16FN5O2.C2H6/c1-3-7-22-13(9-19-14(22)4-2)16(23)20-12-8-10(15(18)21-24)5-6-11(12)17;1-2/h3-9,24H,2H2,1H3,(H2,18,21)(H,20,23);1-2H3/b7-3-;. The van der Waals surface area contributed by atoms with E-state index in [1.165, 1.54) is 29.0 Å². The highest BCUT2D eigenvalue weighted by atomic mass is 19.1. The first-order chi connectivity index (χ1) is 12.5. The monoisotopic (exact) mass is 359 g/mol. The third-order valence-electron chi connectivity index (χ3n) is 3.16. The van der Waals surface area contributed by atoms with Gasteiger partial charge in [-0.05, 0) is 31.2 Å². The number of halogens is 1. The molecule has 1 aromatic heterocycles. The van der Waals surface area contributed by atoms with Crippen LogP contribution < -0.4 is 11.1 Å². The number of allylic oxidation sites excluding steroid dienone is 1. The van der Waals surface area contributed by atoms with Gasteiger partial charge in [-0.1, -0.05) is 31.7 Å². The number of imidazole rings is 1. The number of aromatic nitrogens is 2. The Morgan fingerprint density at radius 3 is 2.73 bits per heavy atom. The minimum absolute atomic E-state index is 0.0996. The van der Waals surface area contributed by atoms with Gasteiger partial charge < -0.3 is 16.3 Å². The quantitative estimate of drug-likeness (QED) is 0.329. The third kappa shape index (κ3) is 4.56. The zero-order valence-corrected chi connectivity index (χ0v) is 14.9. The van der Waals surface area contributed by atoms with E-state index in [9.17, 15) is 9.18 Å². The first-order valence-corrected chi connectivity index (χ1v) is 7.93. The van der Waals surface area contributed by atoms with Gasteiger partial charge in [0, 0.05) is 11.8 Å². The van der Waals surface area contributed by atoms with Crippen LogP contribution in [0.25, 0.3) is 12.3 Å². The lowest BCUT2D eigenvalue weighted by molar-refractivity contribution is 0.102. The van der Waals surface area contributed by atoms with Crippen LogP contribution in [0.5, 0.6) is 0 Å². The van der Waals surface area contributed by atoms with E-state index in [2.05, 4.69) is 22.0 Å². The third-order valence-corrected chi connectivity index (χ3v) is 3.16. The Bertz CT molecular complexity index is 840. The largest absolute Gasteiger partial charge is 0.409 e. The van der Waals surface area contributed by atoms with Gasteiger partial charge in [0.05, 0.1) is 11.9 Å². The smallest absolute Gasteiger partial charge is 0.274 e. The zero-order chi connectivity index (χ0) is 19.7. The summed E-state index contributed by atoms with van der Waals surface area (Å²) in [6, 6.07) is 3.72. The molecule has 0 atom stereocenters. The Labute approximate surface area is 151 Å². The first-order valence-electron chi connectivity index (χ1n) is 7.93. The van der Waals surface area contributed by atoms with Gasteiger partial charge in [0.25, 0.3) is 5.91 Å². The highest BCUT2D eigenvalue weighted by molar-refractivity contribution is 6.05. The summed E-state index contributed by atoms with van der Waals surface area (Å²) in [5, 5.41) is 14.0. The molecule has 0 radical (unpaired) electrons. The van der Waals surface area contributed by atoms with Crippen LogP contribution in [0.1, 0.15) is 42.6 Å². The number of anilines is 1. The fourth-order valence-corrected chi connectivity index (χ4v) is 2.02. The van der Waals surface area contributed by atoms with E-state index in [-0.39, 0.29) is 22.8 Å². The molecule has 0 fully saturated rings. The molecule has 138 valence electrons. The second-order valence-electron chi connectivity index (χ2n) is 4.69. The molecule has 2 rings (SSSR count). The molecular weight excluding hydrogens is 337 g/mol. The second kappa shape index (κ2) is 9.77. The lowest BCUT2D eigenvalue weighted by atomic mass is 10.1. The summed E-state index contributed by atoms with van der Waals surface area (Å²) in [7, 11) is 0. The Hall–Kier alpha value is -3.42. The predicted octanol–water partition coefficient (Wildman–Crippen LogP) is 3.53. The second-order valence-corrected chi connectivity index (χ2v) is 4.69. The Balaban J connectivity index is 0.00000163. The summed E-state index contributed by atoms with van der Waals surface area (Å²) in [4.78, 5) is 16.5. The van der Waals surface area contributed by atoms with Crippen molar-refractivity contribution in [1.82, 2.24) is 9.55 Å². The van der Waals surface area contributed by atoms with Crippen molar-refractivity contribution in [2.75, 3.05) is 5.32 Å². The maximum Gasteiger partial charge on any atom is 0.274 e. The number of carbonyl (C=O) groups excluding carboxylic acids is 1. The molecular formula is C18H22FN5O2. The number of amidine groups is 1. The van der Waals surface area contributed by atoms with Gasteiger partial charge >= 0.3 is 0 Å². The summed E-state index contributed by atoms with van der Waals surface area (Å²) in [5.41, 5.74) is 5.84.